The normalized spacial score (nSPS) is 13.1. The second-order valence-corrected chi connectivity index (χ2v) is 15.2. The molecule has 0 unspecified atom stereocenters. The van der Waals surface area contributed by atoms with Crippen LogP contribution in [0.5, 0.6) is 0 Å². The number of hydrogen-bond donors (Lipinski definition) is 0. The molecule has 9 aromatic carbocycles. The van der Waals surface area contributed by atoms with Gasteiger partial charge in [0.2, 0.25) is 0 Å². The van der Waals surface area contributed by atoms with E-state index >= 15 is 0 Å². The molecule has 2 aliphatic carbocycles. The van der Waals surface area contributed by atoms with Crippen LogP contribution in [0.2, 0.25) is 0 Å². The van der Waals surface area contributed by atoms with E-state index in [0.717, 1.165) is 39.0 Å². The largest absolute Gasteiger partial charge is 0.456 e. The Morgan fingerprint density at radius 1 is 0.298 bits per heavy atom. The zero-order valence-electron chi connectivity index (χ0n) is 31.1. The standard InChI is InChI=1S/C55H35NO/c1-2-14-36(15-3-1)37-26-28-38(29-27-37)56(40-30-32-47-46-21-9-13-25-53(46)57-54(47)35-40)39-31-33-52-48(34-39)45-20-8-12-24-51(45)55(52)49-22-10-6-18-43(49)41-16-4-5-17-42(41)44-19-7-11-23-50(44)55/h1-35H. The van der Waals surface area contributed by atoms with Crippen molar-refractivity contribution in [3.63, 3.8) is 0 Å². The molecular formula is C55H35NO. The zero-order chi connectivity index (χ0) is 37.5. The molecule has 0 aliphatic heterocycles. The summed E-state index contributed by atoms with van der Waals surface area (Å²) in [6.07, 6.45) is 0. The highest BCUT2D eigenvalue weighted by atomic mass is 16.3. The van der Waals surface area contributed by atoms with Crippen molar-refractivity contribution >= 4 is 39.0 Å². The van der Waals surface area contributed by atoms with Crippen molar-refractivity contribution in [2.24, 2.45) is 0 Å². The lowest BCUT2D eigenvalue weighted by molar-refractivity contribution is 0.669. The fraction of sp³-hybridized carbons (Fsp3) is 0.0182. The summed E-state index contributed by atoms with van der Waals surface area (Å²) in [6.45, 7) is 0. The SMILES string of the molecule is c1ccc(-c2ccc(N(c3ccc4c(c3)-c3ccccc3C43c4ccccc4-c4ccccc4-c4ccccc43)c3ccc4c(c3)oc3ccccc34)cc2)cc1. The molecule has 1 aromatic heterocycles. The van der Waals surface area contributed by atoms with Crippen LogP contribution in [0.3, 0.4) is 0 Å². The van der Waals surface area contributed by atoms with Crippen molar-refractivity contribution in [2.75, 3.05) is 4.90 Å². The van der Waals surface area contributed by atoms with Crippen molar-refractivity contribution < 1.29 is 4.42 Å². The molecule has 0 radical (unpaired) electrons. The highest BCUT2D eigenvalue weighted by Crippen LogP contribution is 2.62. The number of fused-ring (bicyclic) bond motifs is 15. The molecule has 0 fully saturated rings. The number of hydrogen-bond acceptors (Lipinski definition) is 2. The fourth-order valence-electron chi connectivity index (χ4n) is 9.91. The minimum absolute atomic E-state index is 0.522. The second-order valence-electron chi connectivity index (χ2n) is 15.2. The molecule has 1 heterocycles. The summed E-state index contributed by atoms with van der Waals surface area (Å²) in [5, 5.41) is 2.24. The quantitative estimate of drug-likeness (QED) is 0.180. The van der Waals surface area contributed by atoms with E-state index in [1.165, 1.54) is 66.8 Å². The maximum absolute atomic E-state index is 6.47. The van der Waals surface area contributed by atoms with Gasteiger partial charge in [-0.3, -0.25) is 0 Å². The molecule has 10 aromatic rings. The number of nitrogens with zero attached hydrogens (tertiary/aromatic N) is 1. The lowest BCUT2D eigenvalue weighted by atomic mass is 9.66. The lowest BCUT2D eigenvalue weighted by Crippen LogP contribution is -2.29. The van der Waals surface area contributed by atoms with E-state index in [-0.39, 0.29) is 0 Å². The van der Waals surface area contributed by atoms with Crippen LogP contribution in [-0.4, -0.2) is 0 Å². The first-order chi connectivity index (χ1) is 28.3. The van der Waals surface area contributed by atoms with Crippen molar-refractivity contribution in [1.29, 1.82) is 0 Å². The molecule has 12 rings (SSSR count). The molecule has 0 saturated carbocycles. The van der Waals surface area contributed by atoms with Gasteiger partial charge in [0.1, 0.15) is 11.2 Å². The van der Waals surface area contributed by atoms with Gasteiger partial charge in [-0.05, 0) is 109 Å². The summed E-state index contributed by atoms with van der Waals surface area (Å²) in [5.74, 6) is 0. The molecular weight excluding hydrogens is 691 g/mol. The summed E-state index contributed by atoms with van der Waals surface area (Å²) < 4.78 is 6.47. The van der Waals surface area contributed by atoms with Crippen LogP contribution in [0.1, 0.15) is 22.3 Å². The van der Waals surface area contributed by atoms with E-state index in [1.54, 1.807) is 0 Å². The van der Waals surface area contributed by atoms with Gasteiger partial charge < -0.3 is 9.32 Å². The molecule has 2 aliphatic rings. The van der Waals surface area contributed by atoms with Crippen molar-refractivity contribution in [2.45, 2.75) is 5.41 Å². The van der Waals surface area contributed by atoms with Crippen LogP contribution >= 0.6 is 0 Å². The molecule has 0 atom stereocenters. The van der Waals surface area contributed by atoms with Gasteiger partial charge in [0.05, 0.1) is 5.41 Å². The predicted octanol–water partition coefficient (Wildman–Crippen LogP) is 14.7. The Bertz CT molecular complexity index is 3120. The molecule has 2 heteroatoms. The van der Waals surface area contributed by atoms with E-state index in [9.17, 15) is 0 Å². The first-order valence-corrected chi connectivity index (χ1v) is 19.7. The Morgan fingerprint density at radius 2 is 0.754 bits per heavy atom. The third-order valence-corrected chi connectivity index (χ3v) is 12.3. The average molecular weight is 726 g/mol. The van der Waals surface area contributed by atoms with Gasteiger partial charge >= 0.3 is 0 Å². The van der Waals surface area contributed by atoms with Gasteiger partial charge in [0.25, 0.3) is 0 Å². The molecule has 0 amide bonds. The summed E-state index contributed by atoms with van der Waals surface area (Å²) >= 11 is 0. The Labute approximate surface area is 331 Å². The minimum atomic E-state index is -0.522. The van der Waals surface area contributed by atoms with Crippen LogP contribution in [0.4, 0.5) is 17.1 Å². The third-order valence-electron chi connectivity index (χ3n) is 12.3. The fourth-order valence-corrected chi connectivity index (χ4v) is 9.91. The zero-order valence-corrected chi connectivity index (χ0v) is 31.1. The number of furan rings is 1. The van der Waals surface area contributed by atoms with Gasteiger partial charge in [-0.1, -0.05) is 164 Å². The van der Waals surface area contributed by atoms with Crippen LogP contribution in [0, 0.1) is 0 Å². The highest BCUT2D eigenvalue weighted by molar-refractivity contribution is 6.06. The first-order valence-electron chi connectivity index (χ1n) is 19.7. The Hall–Kier alpha value is -7.42. The number of rotatable bonds is 4. The number of anilines is 3. The second kappa shape index (κ2) is 12.3. The third kappa shape index (κ3) is 4.59. The van der Waals surface area contributed by atoms with E-state index in [0.29, 0.717) is 0 Å². The summed E-state index contributed by atoms with van der Waals surface area (Å²) in [5.41, 5.74) is 19.7. The van der Waals surface area contributed by atoms with Gasteiger partial charge in [0, 0.05) is 33.9 Å². The van der Waals surface area contributed by atoms with E-state index in [4.69, 9.17) is 4.42 Å². The van der Waals surface area contributed by atoms with Gasteiger partial charge in [0.15, 0.2) is 0 Å². The van der Waals surface area contributed by atoms with E-state index in [2.05, 4.69) is 205 Å². The van der Waals surface area contributed by atoms with Crippen molar-refractivity contribution in [3.8, 4) is 44.5 Å². The average Bonchev–Trinajstić information content (AvgIpc) is 3.77. The topological polar surface area (TPSA) is 16.4 Å². The highest BCUT2D eigenvalue weighted by Gasteiger charge is 2.49. The van der Waals surface area contributed by atoms with E-state index < -0.39 is 5.41 Å². The summed E-state index contributed by atoms with van der Waals surface area (Å²) in [6, 6.07) is 77.7. The monoisotopic (exact) mass is 725 g/mol. The number of benzene rings is 9. The Kier molecular flexibility index (Phi) is 6.88. The van der Waals surface area contributed by atoms with Crippen LogP contribution in [0.15, 0.2) is 217 Å². The summed E-state index contributed by atoms with van der Waals surface area (Å²) in [7, 11) is 0. The molecule has 266 valence electrons. The molecule has 0 bridgehead atoms. The molecule has 0 saturated heterocycles. The predicted molar refractivity (Wildman–Crippen MR) is 236 cm³/mol. The van der Waals surface area contributed by atoms with Crippen molar-refractivity contribution in [3.05, 3.63) is 235 Å². The molecule has 0 N–H and O–H groups in total. The molecule has 1 spiro atoms. The first kappa shape index (κ1) is 31.9. The Morgan fingerprint density at radius 3 is 1.42 bits per heavy atom. The summed E-state index contributed by atoms with van der Waals surface area (Å²) in [4.78, 5) is 2.38. The Balaban J connectivity index is 1.11. The van der Waals surface area contributed by atoms with Crippen LogP contribution < -0.4 is 4.90 Å². The maximum Gasteiger partial charge on any atom is 0.137 e. The maximum atomic E-state index is 6.47. The van der Waals surface area contributed by atoms with Crippen molar-refractivity contribution in [1.82, 2.24) is 0 Å². The minimum Gasteiger partial charge on any atom is -0.456 e. The number of para-hydroxylation sites is 1. The van der Waals surface area contributed by atoms with Crippen LogP contribution in [0.25, 0.3) is 66.4 Å². The molecule has 2 nitrogen and oxygen atoms in total. The van der Waals surface area contributed by atoms with Crippen LogP contribution in [-0.2, 0) is 5.41 Å². The lowest BCUT2D eigenvalue weighted by Gasteiger charge is -2.35. The van der Waals surface area contributed by atoms with Gasteiger partial charge in [-0.15, -0.1) is 0 Å². The van der Waals surface area contributed by atoms with Gasteiger partial charge in [-0.25, -0.2) is 0 Å². The van der Waals surface area contributed by atoms with E-state index in [1.807, 2.05) is 12.1 Å². The van der Waals surface area contributed by atoms with Gasteiger partial charge in [-0.2, -0.15) is 0 Å². The molecule has 57 heavy (non-hydrogen) atoms. The smallest absolute Gasteiger partial charge is 0.137 e.